The standard InChI is InChI=1S/C15H27N3O4S/c19-15-11-13(12-18(15)14-5-3-1-2-4-6-14)16-23(20,21)17-7-9-22-10-8-17/h13-14,16H,1-12H2/t13-/m0/s1. The third-order valence-corrected chi connectivity index (χ3v) is 6.73. The third-order valence-electron chi connectivity index (χ3n) is 5.05. The predicted molar refractivity (Wildman–Crippen MR) is 86.1 cm³/mol. The summed E-state index contributed by atoms with van der Waals surface area (Å²) in [5.74, 6) is 0.0894. The molecule has 0 aromatic rings. The third kappa shape index (κ3) is 4.23. The molecule has 3 rings (SSSR count). The summed E-state index contributed by atoms with van der Waals surface area (Å²) in [4.78, 5) is 14.2. The average Bonchev–Trinajstić information content (AvgIpc) is 2.75. The number of hydrogen-bond donors (Lipinski definition) is 1. The summed E-state index contributed by atoms with van der Waals surface area (Å²) in [5, 5.41) is 0. The summed E-state index contributed by atoms with van der Waals surface area (Å²) in [5.41, 5.74) is 0. The van der Waals surface area contributed by atoms with E-state index >= 15 is 0 Å². The SMILES string of the molecule is O=C1C[C@H](NS(=O)(=O)N2CCOCC2)CN1C1CCCCCC1. The molecule has 132 valence electrons. The number of carbonyl (C=O) groups is 1. The van der Waals surface area contributed by atoms with Gasteiger partial charge in [0.05, 0.1) is 13.2 Å². The molecule has 3 aliphatic rings. The fraction of sp³-hybridized carbons (Fsp3) is 0.933. The molecule has 2 heterocycles. The number of carbonyl (C=O) groups excluding carboxylic acids is 1. The Labute approximate surface area is 138 Å². The van der Waals surface area contributed by atoms with Gasteiger partial charge in [0.15, 0.2) is 0 Å². The Balaban J connectivity index is 1.58. The number of nitrogens with zero attached hydrogens (tertiary/aromatic N) is 2. The van der Waals surface area contributed by atoms with Crippen LogP contribution in [0.1, 0.15) is 44.9 Å². The first-order valence-corrected chi connectivity index (χ1v) is 10.1. The quantitative estimate of drug-likeness (QED) is 0.752. The molecule has 1 aliphatic carbocycles. The highest BCUT2D eigenvalue weighted by atomic mass is 32.2. The number of likely N-dealkylation sites (tertiary alicyclic amines) is 1. The Hall–Kier alpha value is -0.700. The van der Waals surface area contributed by atoms with Crippen LogP contribution in [0.4, 0.5) is 0 Å². The maximum absolute atomic E-state index is 12.4. The molecule has 1 saturated carbocycles. The fourth-order valence-electron chi connectivity index (χ4n) is 3.81. The number of nitrogens with one attached hydrogen (secondary N) is 1. The van der Waals surface area contributed by atoms with Crippen LogP contribution in [0.2, 0.25) is 0 Å². The van der Waals surface area contributed by atoms with Crippen LogP contribution >= 0.6 is 0 Å². The van der Waals surface area contributed by atoms with E-state index in [9.17, 15) is 13.2 Å². The molecule has 8 heteroatoms. The number of ether oxygens (including phenoxy) is 1. The molecule has 0 bridgehead atoms. The van der Waals surface area contributed by atoms with E-state index in [1.165, 1.54) is 30.0 Å². The van der Waals surface area contributed by atoms with Gasteiger partial charge in [0.1, 0.15) is 0 Å². The Morgan fingerprint density at radius 1 is 1.04 bits per heavy atom. The van der Waals surface area contributed by atoms with Gasteiger partial charge in [0, 0.05) is 38.1 Å². The normalized spacial score (nSPS) is 29.0. The minimum atomic E-state index is -3.53. The Bertz CT molecular complexity index is 511. The summed E-state index contributed by atoms with van der Waals surface area (Å²) < 4.78 is 34.2. The van der Waals surface area contributed by atoms with Crippen LogP contribution in [-0.4, -0.2) is 68.5 Å². The van der Waals surface area contributed by atoms with Crippen molar-refractivity contribution in [3.8, 4) is 0 Å². The lowest BCUT2D eigenvalue weighted by Crippen LogP contribution is -2.50. The van der Waals surface area contributed by atoms with Gasteiger partial charge in [0.2, 0.25) is 5.91 Å². The fourth-order valence-corrected chi connectivity index (χ4v) is 5.16. The van der Waals surface area contributed by atoms with Gasteiger partial charge < -0.3 is 9.64 Å². The van der Waals surface area contributed by atoms with Crippen molar-refractivity contribution in [3.05, 3.63) is 0 Å². The highest BCUT2D eigenvalue weighted by molar-refractivity contribution is 7.87. The zero-order valence-electron chi connectivity index (χ0n) is 13.6. The van der Waals surface area contributed by atoms with Crippen molar-refractivity contribution in [3.63, 3.8) is 0 Å². The molecule has 1 amide bonds. The minimum Gasteiger partial charge on any atom is -0.379 e. The van der Waals surface area contributed by atoms with Crippen LogP contribution in [0.5, 0.6) is 0 Å². The van der Waals surface area contributed by atoms with Crippen molar-refractivity contribution in [2.75, 3.05) is 32.8 Å². The van der Waals surface area contributed by atoms with E-state index in [0.717, 1.165) is 12.8 Å². The molecular weight excluding hydrogens is 318 g/mol. The van der Waals surface area contributed by atoms with E-state index in [2.05, 4.69) is 4.72 Å². The monoisotopic (exact) mass is 345 g/mol. The van der Waals surface area contributed by atoms with Crippen LogP contribution in [0.3, 0.4) is 0 Å². The van der Waals surface area contributed by atoms with Gasteiger partial charge in [-0.3, -0.25) is 4.79 Å². The van der Waals surface area contributed by atoms with E-state index in [0.29, 0.717) is 38.9 Å². The van der Waals surface area contributed by atoms with Gasteiger partial charge in [-0.1, -0.05) is 25.7 Å². The maximum atomic E-state index is 12.4. The average molecular weight is 345 g/mol. The molecule has 3 fully saturated rings. The van der Waals surface area contributed by atoms with E-state index in [1.54, 1.807) is 0 Å². The molecule has 0 aromatic carbocycles. The lowest BCUT2D eigenvalue weighted by molar-refractivity contribution is -0.129. The first-order valence-electron chi connectivity index (χ1n) is 8.71. The molecule has 2 saturated heterocycles. The summed E-state index contributed by atoms with van der Waals surface area (Å²) in [6.45, 7) is 2.12. The van der Waals surface area contributed by atoms with Gasteiger partial charge in [0.25, 0.3) is 10.2 Å². The summed E-state index contributed by atoms with van der Waals surface area (Å²) in [7, 11) is -3.53. The van der Waals surface area contributed by atoms with Crippen molar-refractivity contribution >= 4 is 16.1 Å². The number of rotatable bonds is 4. The van der Waals surface area contributed by atoms with Gasteiger partial charge in [-0.2, -0.15) is 17.4 Å². The molecule has 23 heavy (non-hydrogen) atoms. The van der Waals surface area contributed by atoms with Gasteiger partial charge in [-0.05, 0) is 12.8 Å². The largest absolute Gasteiger partial charge is 0.379 e. The second-order valence-corrected chi connectivity index (χ2v) is 8.43. The first kappa shape index (κ1) is 17.1. The van der Waals surface area contributed by atoms with Crippen molar-refractivity contribution in [1.82, 2.24) is 13.9 Å². The number of hydrogen-bond acceptors (Lipinski definition) is 4. The molecular formula is C15H27N3O4S. The van der Waals surface area contributed by atoms with Crippen molar-refractivity contribution in [2.45, 2.75) is 57.0 Å². The number of morpholine rings is 1. The van der Waals surface area contributed by atoms with Gasteiger partial charge >= 0.3 is 0 Å². The lowest BCUT2D eigenvalue weighted by Gasteiger charge is -2.29. The number of amides is 1. The molecule has 0 aromatic heterocycles. The van der Waals surface area contributed by atoms with Crippen LogP contribution in [0.15, 0.2) is 0 Å². The second kappa shape index (κ2) is 7.46. The van der Waals surface area contributed by atoms with Crippen LogP contribution < -0.4 is 4.72 Å². The van der Waals surface area contributed by atoms with Gasteiger partial charge in [-0.15, -0.1) is 0 Å². The molecule has 1 N–H and O–H groups in total. The summed E-state index contributed by atoms with van der Waals surface area (Å²) in [6.07, 6.45) is 7.19. The summed E-state index contributed by atoms with van der Waals surface area (Å²) >= 11 is 0. The van der Waals surface area contributed by atoms with Crippen LogP contribution in [-0.2, 0) is 19.7 Å². The molecule has 0 unspecified atom stereocenters. The molecule has 7 nitrogen and oxygen atoms in total. The smallest absolute Gasteiger partial charge is 0.279 e. The molecule has 0 spiro atoms. The van der Waals surface area contributed by atoms with Crippen molar-refractivity contribution in [2.24, 2.45) is 0 Å². The Morgan fingerprint density at radius 3 is 2.35 bits per heavy atom. The lowest BCUT2D eigenvalue weighted by atomic mass is 10.1. The van der Waals surface area contributed by atoms with E-state index in [1.807, 2.05) is 4.90 Å². The van der Waals surface area contributed by atoms with Crippen LogP contribution in [0, 0.1) is 0 Å². The topological polar surface area (TPSA) is 79.0 Å². The highest BCUT2D eigenvalue weighted by Gasteiger charge is 2.37. The van der Waals surface area contributed by atoms with E-state index in [-0.39, 0.29) is 18.4 Å². The van der Waals surface area contributed by atoms with Crippen molar-refractivity contribution < 1.29 is 17.9 Å². The maximum Gasteiger partial charge on any atom is 0.279 e. The first-order chi connectivity index (χ1) is 11.1. The second-order valence-electron chi connectivity index (χ2n) is 6.73. The van der Waals surface area contributed by atoms with Gasteiger partial charge in [-0.25, -0.2) is 0 Å². The Kier molecular flexibility index (Phi) is 5.56. The molecule has 1 atom stereocenters. The van der Waals surface area contributed by atoms with E-state index in [4.69, 9.17) is 4.74 Å². The predicted octanol–water partition coefficient (Wildman–Crippen LogP) is 0.477. The van der Waals surface area contributed by atoms with E-state index < -0.39 is 10.2 Å². The Morgan fingerprint density at radius 2 is 1.70 bits per heavy atom. The molecule has 2 aliphatic heterocycles. The summed E-state index contributed by atoms with van der Waals surface area (Å²) in [6, 6.07) is -0.0125. The van der Waals surface area contributed by atoms with Crippen molar-refractivity contribution in [1.29, 1.82) is 0 Å². The zero-order valence-corrected chi connectivity index (χ0v) is 14.4. The van der Waals surface area contributed by atoms with Crippen LogP contribution in [0.25, 0.3) is 0 Å². The minimum absolute atomic E-state index is 0.0894. The zero-order chi connectivity index (χ0) is 16.3. The highest BCUT2D eigenvalue weighted by Crippen LogP contribution is 2.26. The molecule has 0 radical (unpaired) electrons.